The van der Waals surface area contributed by atoms with Crippen molar-refractivity contribution in [3.05, 3.63) is 89.5 Å². The average molecular weight is 333 g/mol. The highest BCUT2D eigenvalue weighted by molar-refractivity contribution is 5.94. The topological polar surface area (TPSA) is 46.9 Å². The second-order valence-corrected chi connectivity index (χ2v) is 6.14. The molecule has 2 aromatic carbocycles. The molecule has 0 fully saturated rings. The lowest BCUT2D eigenvalue weighted by Crippen LogP contribution is -2.24. The fraction of sp³-hybridized carbons (Fsp3) is 0.238. The van der Waals surface area contributed by atoms with Gasteiger partial charge in [-0.15, -0.1) is 0 Å². The van der Waals surface area contributed by atoms with E-state index in [0.29, 0.717) is 12.1 Å². The second-order valence-electron chi connectivity index (χ2n) is 6.14. The molecule has 1 N–H and O–H groups in total. The highest BCUT2D eigenvalue weighted by atomic mass is 16.1. The molecule has 4 nitrogen and oxygen atoms in total. The van der Waals surface area contributed by atoms with Gasteiger partial charge in [-0.3, -0.25) is 4.79 Å². The fourth-order valence-electron chi connectivity index (χ4n) is 2.77. The van der Waals surface area contributed by atoms with Crippen molar-refractivity contribution in [2.45, 2.75) is 26.3 Å². The van der Waals surface area contributed by atoms with Crippen molar-refractivity contribution in [1.82, 2.24) is 14.9 Å². The van der Waals surface area contributed by atoms with E-state index < -0.39 is 0 Å². The molecule has 25 heavy (non-hydrogen) atoms. The zero-order valence-corrected chi connectivity index (χ0v) is 14.5. The maximum Gasteiger partial charge on any atom is 0.251 e. The first-order valence-corrected chi connectivity index (χ1v) is 8.61. The Morgan fingerprint density at radius 1 is 1.04 bits per heavy atom. The van der Waals surface area contributed by atoms with E-state index in [4.69, 9.17) is 0 Å². The van der Waals surface area contributed by atoms with Crippen LogP contribution in [0.2, 0.25) is 0 Å². The number of hydrogen-bond acceptors (Lipinski definition) is 2. The zero-order chi connectivity index (χ0) is 17.5. The van der Waals surface area contributed by atoms with Gasteiger partial charge in [0.25, 0.3) is 5.91 Å². The van der Waals surface area contributed by atoms with Crippen molar-refractivity contribution in [1.29, 1.82) is 0 Å². The van der Waals surface area contributed by atoms with Gasteiger partial charge < -0.3 is 9.88 Å². The highest BCUT2D eigenvalue weighted by Crippen LogP contribution is 2.08. The monoisotopic (exact) mass is 333 g/mol. The molecular formula is C21H23N3O. The number of carbonyl (C=O) groups excluding carboxylic acids is 1. The third-order valence-corrected chi connectivity index (χ3v) is 4.26. The average Bonchev–Trinajstić information content (AvgIpc) is 3.05. The van der Waals surface area contributed by atoms with Crippen LogP contribution >= 0.6 is 0 Å². The number of rotatable bonds is 7. The molecule has 3 aromatic rings. The van der Waals surface area contributed by atoms with Gasteiger partial charge in [0.05, 0.1) is 0 Å². The molecular weight excluding hydrogens is 310 g/mol. The summed E-state index contributed by atoms with van der Waals surface area (Å²) in [6.45, 7) is 3.44. The number of hydrogen-bond donors (Lipinski definition) is 1. The zero-order valence-electron chi connectivity index (χ0n) is 14.5. The van der Waals surface area contributed by atoms with Crippen molar-refractivity contribution in [2.75, 3.05) is 6.54 Å². The van der Waals surface area contributed by atoms with E-state index in [0.717, 1.165) is 30.8 Å². The van der Waals surface area contributed by atoms with Crippen molar-refractivity contribution < 1.29 is 4.79 Å². The molecule has 0 saturated carbocycles. The van der Waals surface area contributed by atoms with Gasteiger partial charge in [-0.05, 0) is 43.0 Å². The molecule has 0 atom stereocenters. The lowest BCUT2D eigenvalue weighted by Gasteiger charge is -2.08. The Labute approximate surface area is 148 Å². The van der Waals surface area contributed by atoms with Gasteiger partial charge in [0.2, 0.25) is 0 Å². The van der Waals surface area contributed by atoms with Gasteiger partial charge in [0.1, 0.15) is 5.82 Å². The van der Waals surface area contributed by atoms with E-state index in [1.54, 1.807) is 6.20 Å². The van der Waals surface area contributed by atoms with Crippen LogP contribution in [0, 0.1) is 6.92 Å². The fourth-order valence-corrected chi connectivity index (χ4v) is 2.77. The van der Waals surface area contributed by atoms with Gasteiger partial charge in [-0.2, -0.15) is 0 Å². The minimum atomic E-state index is -0.0153. The van der Waals surface area contributed by atoms with E-state index in [9.17, 15) is 4.79 Å². The Bertz CT molecular complexity index is 807. The Kier molecular flexibility index (Phi) is 5.62. The number of nitrogens with zero attached hydrogens (tertiary/aromatic N) is 2. The van der Waals surface area contributed by atoms with Crippen molar-refractivity contribution >= 4 is 5.91 Å². The molecule has 0 unspecified atom stereocenters. The molecule has 0 bridgehead atoms. The summed E-state index contributed by atoms with van der Waals surface area (Å²) in [7, 11) is 0. The Hall–Kier alpha value is -2.88. The molecule has 3 rings (SSSR count). The Morgan fingerprint density at radius 2 is 1.80 bits per heavy atom. The van der Waals surface area contributed by atoms with Crippen LogP contribution in [-0.4, -0.2) is 22.0 Å². The summed E-state index contributed by atoms with van der Waals surface area (Å²) in [5.41, 5.74) is 3.16. The van der Waals surface area contributed by atoms with Crippen LogP contribution in [0.3, 0.4) is 0 Å². The molecule has 0 aliphatic rings. The number of benzene rings is 2. The first-order valence-electron chi connectivity index (χ1n) is 8.61. The second kappa shape index (κ2) is 8.29. The summed E-state index contributed by atoms with van der Waals surface area (Å²) in [4.78, 5) is 16.4. The number of nitrogens with one attached hydrogen (secondary N) is 1. The minimum Gasteiger partial charge on any atom is -0.352 e. The molecule has 0 aliphatic carbocycles. The van der Waals surface area contributed by atoms with Crippen LogP contribution in [0.25, 0.3) is 0 Å². The largest absolute Gasteiger partial charge is 0.352 e. The Morgan fingerprint density at radius 3 is 2.48 bits per heavy atom. The quantitative estimate of drug-likeness (QED) is 0.672. The molecule has 4 heteroatoms. The molecule has 128 valence electrons. The standard InChI is InChI=1S/C21H23N3O/c1-17-22-14-15-24(17)16-19-9-11-20(12-10-19)21(25)23-13-5-8-18-6-3-2-4-7-18/h2-4,6-7,9-12,14-15H,5,8,13,16H2,1H3,(H,23,25). The number of aromatic nitrogens is 2. The SMILES string of the molecule is Cc1nccn1Cc1ccc(C(=O)NCCCc2ccccc2)cc1. The van der Waals surface area contributed by atoms with E-state index >= 15 is 0 Å². The summed E-state index contributed by atoms with van der Waals surface area (Å²) in [6, 6.07) is 18.1. The summed E-state index contributed by atoms with van der Waals surface area (Å²) in [6.07, 6.45) is 5.67. The molecule has 0 spiro atoms. The van der Waals surface area contributed by atoms with Gasteiger partial charge in [0, 0.05) is 31.0 Å². The maximum atomic E-state index is 12.2. The summed E-state index contributed by atoms with van der Waals surface area (Å²) in [5, 5.41) is 2.99. The van der Waals surface area contributed by atoms with Crippen LogP contribution < -0.4 is 5.32 Å². The van der Waals surface area contributed by atoms with Gasteiger partial charge in [-0.25, -0.2) is 4.98 Å². The summed E-state index contributed by atoms with van der Waals surface area (Å²) in [5.74, 6) is 0.971. The summed E-state index contributed by atoms with van der Waals surface area (Å²) < 4.78 is 2.08. The molecule has 1 amide bonds. The first kappa shape index (κ1) is 17.0. The van der Waals surface area contributed by atoms with Gasteiger partial charge in [-0.1, -0.05) is 42.5 Å². The summed E-state index contributed by atoms with van der Waals surface area (Å²) >= 11 is 0. The van der Waals surface area contributed by atoms with Crippen molar-refractivity contribution in [2.24, 2.45) is 0 Å². The normalized spacial score (nSPS) is 10.6. The first-order chi connectivity index (χ1) is 12.2. The van der Waals surface area contributed by atoms with Crippen LogP contribution in [0.15, 0.2) is 67.0 Å². The highest BCUT2D eigenvalue weighted by Gasteiger charge is 2.05. The molecule has 1 heterocycles. The van der Waals surface area contributed by atoms with E-state index in [-0.39, 0.29) is 5.91 Å². The number of aryl methyl sites for hydroxylation is 2. The van der Waals surface area contributed by atoms with E-state index in [1.165, 1.54) is 5.56 Å². The minimum absolute atomic E-state index is 0.0153. The lowest BCUT2D eigenvalue weighted by molar-refractivity contribution is 0.0953. The molecule has 1 aromatic heterocycles. The van der Waals surface area contributed by atoms with Crippen LogP contribution in [0.5, 0.6) is 0 Å². The predicted octanol–water partition coefficient (Wildman–Crippen LogP) is 3.60. The van der Waals surface area contributed by atoms with Crippen LogP contribution in [0.4, 0.5) is 0 Å². The molecule has 0 saturated heterocycles. The van der Waals surface area contributed by atoms with E-state index in [1.807, 2.05) is 55.6 Å². The lowest BCUT2D eigenvalue weighted by atomic mass is 10.1. The van der Waals surface area contributed by atoms with E-state index in [2.05, 4.69) is 27.0 Å². The van der Waals surface area contributed by atoms with Gasteiger partial charge in [0.15, 0.2) is 0 Å². The molecule has 0 aliphatic heterocycles. The smallest absolute Gasteiger partial charge is 0.251 e. The third kappa shape index (κ3) is 4.80. The van der Waals surface area contributed by atoms with Crippen LogP contribution in [0.1, 0.15) is 33.7 Å². The third-order valence-electron chi connectivity index (χ3n) is 4.26. The van der Waals surface area contributed by atoms with Gasteiger partial charge >= 0.3 is 0 Å². The maximum absolute atomic E-state index is 12.2. The number of carbonyl (C=O) groups is 1. The number of amides is 1. The molecule has 0 radical (unpaired) electrons. The van der Waals surface area contributed by atoms with Crippen LogP contribution in [-0.2, 0) is 13.0 Å². The predicted molar refractivity (Wildman–Crippen MR) is 99.6 cm³/mol. The number of imidazole rings is 1. The van der Waals surface area contributed by atoms with Crippen molar-refractivity contribution in [3.8, 4) is 0 Å². The Balaban J connectivity index is 1.46. The van der Waals surface area contributed by atoms with Crippen molar-refractivity contribution in [3.63, 3.8) is 0 Å².